The van der Waals surface area contributed by atoms with E-state index in [2.05, 4.69) is 4.74 Å². The first-order chi connectivity index (χ1) is 9.51. The van der Waals surface area contributed by atoms with Gasteiger partial charge >= 0.3 is 5.97 Å². The molecule has 0 bridgehead atoms. The van der Waals surface area contributed by atoms with Crippen molar-refractivity contribution in [2.45, 2.75) is 6.54 Å². The molecule has 1 heterocycles. The molecule has 0 amide bonds. The minimum absolute atomic E-state index is 0.0698. The van der Waals surface area contributed by atoms with Crippen LogP contribution in [-0.4, -0.2) is 17.6 Å². The summed E-state index contributed by atoms with van der Waals surface area (Å²) in [7, 11) is 1.19. The molecule has 0 saturated carbocycles. The zero-order valence-electron chi connectivity index (χ0n) is 10.6. The minimum atomic E-state index is -0.663. The highest BCUT2D eigenvalue weighted by Crippen LogP contribution is 2.12. The van der Waals surface area contributed by atoms with Gasteiger partial charge in [0.25, 0.3) is 5.56 Å². The molecular formula is C14H11F2NO3. The summed E-state index contributed by atoms with van der Waals surface area (Å²) in [5.41, 5.74) is -0.200. The number of hydrogen-bond donors (Lipinski definition) is 0. The summed E-state index contributed by atoms with van der Waals surface area (Å²) in [6.45, 7) is -0.121. The molecule has 0 saturated heterocycles. The lowest BCUT2D eigenvalue weighted by Gasteiger charge is -2.08. The van der Waals surface area contributed by atoms with Gasteiger partial charge in [0.15, 0.2) is 0 Å². The maximum atomic E-state index is 13.8. The first-order valence-corrected chi connectivity index (χ1v) is 5.74. The van der Waals surface area contributed by atoms with Gasteiger partial charge in [0.2, 0.25) is 0 Å². The van der Waals surface area contributed by atoms with Crippen LogP contribution in [-0.2, 0) is 11.3 Å². The van der Waals surface area contributed by atoms with E-state index in [1.54, 1.807) is 0 Å². The monoisotopic (exact) mass is 279 g/mol. The van der Waals surface area contributed by atoms with E-state index in [0.717, 1.165) is 29.0 Å². The number of esters is 1. The van der Waals surface area contributed by atoms with Gasteiger partial charge in [0.05, 0.1) is 19.2 Å². The highest BCUT2D eigenvalue weighted by molar-refractivity contribution is 5.89. The Kier molecular flexibility index (Phi) is 3.93. The molecule has 0 unspecified atom stereocenters. The van der Waals surface area contributed by atoms with Gasteiger partial charge in [-0.25, -0.2) is 13.6 Å². The Labute approximate surface area is 113 Å². The van der Waals surface area contributed by atoms with Crippen LogP contribution in [0.15, 0.2) is 41.3 Å². The van der Waals surface area contributed by atoms with E-state index in [1.807, 2.05) is 0 Å². The average Bonchev–Trinajstić information content (AvgIpc) is 2.44. The highest BCUT2D eigenvalue weighted by Gasteiger charge is 2.10. The number of halogens is 2. The number of rotatable bonds is 3. The Bertz CT molecular complexity index is 710. The molecule has 6 heteroatoms. The molecule has 0 aliphatic carbocycles. The summed E-state index contributed by atoms with van der Waals surface area (Å²) in [6, 6.07) is 5.87. The number of benzene rings is 1. The van der Waals surface area contributed by atoms with Gasteiger partial charge in [-0.3, -0.25) is 4.79 Å². The zero-order chi connectivity index (χ0) is 14.7. The molecule has 1 aromatic heterocycles. The molecule has 2 rings (SSSR count). The van der Waals surface area contributed by atoms with E-state index in [1.165, 1.54) is 19.2 Å². The third kappa shape index (κ3) is 2.90. The van der Waals surface area contributed by atoms with E-state index < -0.39 is 23.2 Å². The first-order valence-electron chi connectivity index (χ1n) is 5.74. The Balaban J connectivity index is 2.33. The van der Waals surface area contributed by atoms with Gasteiger partial charge in [-0.15, -0.1) is 0 Å². The third-order valence-electron chi connectivity index (χ3n) is 2.76. The molecule has 20 heavy (non-hydrogen) atoms. The maximum Gasteiger partial charge on any atom is 0.337 e. The van der Waals surface area contributed by atoms with E-state index in [0.29, 0.717) is 0 Å². The van der Waals surface area contributed by atoms with Crippen molar-refractivity contribution in [3.8, 4) is 0 Å². The Morgan fingerprint density at radius 1 is 1.25 bits per heavy atom. The second-order valence-corrected chi connectivity index (χ2v) is 4.11. The third-order valence-corrected chi connectivity index (χ3v) is 2.76. The van der Waals surface area contributed by atoms with Gasteiger partial charge in [0, 0.05) is 17.8 Å². The lowest BCUT2D eigenvalue weighted by Crippen LogP contribution is -2.20. The normalized spacial score (nSPS) is 10.3. The van der Waals surface area contributed by atoms with Crippen LogP contribution in [0.4, 0.5) is 8.78 Å². The van der Waals surface area contributed by atoms with Crippen LogP contribution in [0.5, 0.6) is 0 Å². The van der Waals surface area contributed by atoms with Gasteiger partial charge in [-0.1, -0.05) is 6.07 Å². The Morgan fingerprint density at radius 2 is 2.00 bits per heavy atom. The highest BCUT2D eigenvalue weighted by atomic mass is 19.1. The average molecular weight is 279 g/mol. The van der Waals surface area contributed by atoms with Crippen LogP contribution < -0.4 is 5.56 Å². The van der Waals surface area contributed by atoms with Gasteiger partial charge < -0.3 is 9.30 Å². The number of pyridine rings is 1. The van der Waals surface area contributed by atoms with E-state index in [-0.39, 0.29) is 17.7 Å². The van der Waals surface area contributed by atoms with E-state index >= 15 is 0 Å². The van der Waals surface area contributed by atoms with Crippen molar-refractivity contribution in [3.05, 3.63) is 69.6 Å². The van der Waals surface area contributed by atoms with Gasteiger partial charge in [-0.2, -0.15) is 0 Å². The molecule has 0 atom stereocenters. The fourth-order valence-electron chi connectivity index (χ4n) is 1.73. The van der Waals surface area contributed by atoms with Crippen molar-refractivity contribution in [1.29, 1.82) is 0 Å². The lowest BCUT2D eigenvalue weighted by molar-refractivity contribution is 0.0600. The molecule has 4 nitrogen and oxygen atoms in total. The molecular weight excluding hydrogens is 268 g/mol. The van der Waals surface area contributed by atoms with Crippen molar-refractivity contribution in [3.63, 3.8) is 0 Å². The summed E-state index contributed by atoms with van der Waals surface area (Å²) in [4.78, 5) is 22.7. The smallest absolute Gasteiger partial charge is 0.337 e. The predicted octanol–water partition coefficient (Wildman–Crippen LogP) is 1.96. The standard InChI is InChI=1S/C14H11F2NO3/c1-20-14(19)9-2-3-10(12(16)6-9)7-17-8-11(15)4-5-13(17)18/h2-6,8H,7H2,1H3. The maximum absolute atomic E-state index is 13.8. The van der Waals surface area contributed by atoms with Crippen molar-refractivity contribution >= 4 is 5.97 Å². The second-order valence-electron chi connectivity index (χ2n) is 4.11. The number of aromatic nitrogens is 1. The summed E-state index contributed by atoms with van der Waals surface area (Å²) >= 11 is 0. The molecule has 0 spiro atoms. The largest absolute Gasteiger partial charge is 0.465 e. The molecule has 0 aliphatic rings. The number of carbonyl (C=O) groups is 1. The molecule has 0 fully saturated rings. The van der Waals surface area contributed by atoms with Crippen LogP contribution >= 0.6 is 0 Å². The van der Waals surface area contributed by atoms with Crippen molar-refractivity contribution in [1.82, 2.24) is 4.57 Å². The summed E-state index contributed by atoms with van der Waals surface area (Å²) in [6.07, 6.45) is 0.996. The molecule has 0 aliphatic heterocycles. The van der Waals surface area contributed by atoms with Crippen LogP contribution in [0.25, 0.3) is 0 Å². The summed E-state index contributed by atoms with van der Waals surface area (Å²) in [5.74, 6) is -1.90. The number of methoxy groups -OCH3 is 1. The van der Waals surface area contributed by atoms with Crippen molar-refractivity contribution in [2.75, 3.05) is 7.11 Å². The second kappa shape index (κ2) is 5.64. The van der Waals surface area contributed by atoms with E-state index in [4.69, 9.17) is 0 Å². The molecule has 1 aromatic carbocycles. The molecule has 104 valence electrons. The van der Waals surface area contributed by atoms with Crippen LogP contribution in [0.1, 0.15) is 15.9 Å². The minimum Gasteiger partial charge on any atom is -0.465 e. The lowest BCUT2D eigenvalue weighted by atomic mass is 10.1. The van der Waals surface area contributed by atoms with Crippen molar-refractivity contribution < 1.29 is 18.3 Å². The zero-order valence-corrected chi connectivity index (χ0v) is 10.6. The number of ether oxygens (including phenoxy) is 1. The van der Waals surface area contributed by atoms with Crippen LogP contribution in [0, 0.1) is 11.6 Å². The quantitative estimate of drug-likeness (QED) is 0.807. The Hall–Kier alpha value is -2.50. The van der Waals surface area contributed by atoms with Gasteiger partial charge in [0.1, 0.15) is 11.6 Å². The topological polar surface area (TPSA) is 48.3 Å². The summed E-state index contributed by atoms with van der Waals surface area (Å²) < 4.78 is 32.4. The van der Waals surface area contributed by atoms with Crippen molar-refractivity contribution in [2.24, 2.45) is 0 Å². The molecule has 0 radical (unpaired) electrons. The fraction of sp³-hybridized carbons (Fsp3) is 0.143. The van der Waals surface area contributed by atoms with Crippen LogP contribution in [0.3, 0.4) is 0 Å². The summed E-state index contributed by atoms with van der Waals surface area (Å²) in [5, 5.41) is 0. The number of nitrogens with zero attached hydrogens (tertiary/aromatic N) is 1. The fourth-order valence-corrected chi connectivity index (χ4v) is 1.73. The van der Waals surface area contributed by atoms with Gasteiger partial charge in [-0.05, 0) is 18.2 Å². The molecule has 0 N–H and O–H groups in total. The number of carbonyl (C=O) groups excluding carboxylic acids is 1. The number of hydrogen-bond acceptors (Lipinski definition) is 3. The van der Waals surface area contributed by atoms with E-state index in [9.17, 15) is 18.4 Å². The predicted molar refractivity (Wildman–Crippen MR) is 67.5 cm³/mol. The SMILES string of the molecule is COC(=O)c1ccc(Cn2cc(F)ccc2=O)c(F)c1. The first kappa shape index (κ1) is 13.9. The Morgan fingerprint density at radius 3 is 2.65 bits per heavy atom. The van der Waals surface area contributed by atoms with Crippen LogP contribution in [0.2, 0.25) is 0 Å². The molecule has 2 aromatic rings.